The highest BCUT2D eigenvalue weighted by molar-refractivity contribution is 9.10. The molecule has 0 N–H and O–H groups in total. The normalized spacial score (nSPS) is 10.8. The monoisotopic (exact) mass is 402 g/mol. The van der Waals surface area contributed by atoms with Crippen LogP contribution in [-0.4, -0.2) is 39.7 Å². The molecule has 1 amide bonds. The second-order valence-corrected chi connectivity index (χ2v) is 6.12. The van der Waals surface area contributed by atoms with Crippen LogP contribution in [0.1, 0.15) is 16.1 Å². The van der Waals surface area contributed by atoms with E-state index in [9.17, 15) is 9.59 Å². The Hall–Kier alpha value is -2.58. The number of rotatable bonds is 4. The fraction of sp³-hybridized carbons (Fsp3) is 0.176. The average molecular weight is 403 g/mol. The lowest BCUT2D eigenvalue weighted by atomic mass is 10.1. The van der Waals surface area contributed by atoms with Gasteiger partial charge in [-0.3, -0.25) is 14.4 Å². The van der Waals surface area contributed by atoms with Gasteiger partial charge in [0.2, 0.25) is 5.43 Å². The SMILES string of the molecule is CON(C)C(=O)c1cn(Cc2cccc(Br)n2)c2ncccc2c1=O. The summed E-state index contributed by atoms with van der Waals surface area (Å²) in [5, 5.41) is 1.38. The Balaban J connectivity index is 2.18. The van der Waals surface area contributed by atoms with Crippen LogP contribution in [0.15, 0.2) is 52.1 Å². The van der Waals surface area contributed by atoms with Crippen LogP contribution < -0.4 is 5.43 Å². The predicted octanol–water partition coefficient (Wildman–Crippen LogP) is 2.24. The summed E-state index contributed by atoms with van der Waals surface area (Å²) in [6.45, 7) is 0.365. The molecule has 128 valence electrons. The molecule has 0 saturated heterocycles. The Bertz CT molecular complexity index is 1000. The second-order valence-electron chi connectivity index (χ2n) is 5.31. The molecule has 0 bridgehead atoms. The van der Waals surface area contributed by atoms with Gasteiger partial charge in [0.25, 0.3) is 5.91 Å². The molecule has 25 heavy (non-hydrogen) atoms. The fourth-order valence-corrected chi connectivity index (χ4v) is 2.84. The lowest BCUT2D eigenvalue weighted by Gasteiger charge is -2.16. The number of fused-ring (bicyclic) bond motifs is 1. The lowest BCUT2D eigenvalue weighted by Crippen LogP contribution is -2.31. The molecule has 8 heteroatoms. The third-order valence-corrected chi connectivity index (χ3v) is 4.17. The van der Waals surface area contributed by atoms with Crippen LogP contribution >= 0.6 is 15.9 Å². The molecule has 0 fully saturated rings. The number of aromatic nitrogens is 3. The minimum Gasteiger partial charge on any atom is -0.325 e. The highest BCUT2D eigenvalue weighted by Crippen LogP contribution is 2.13. The molecule has 0 saturated carbocycles. The van der Waals surface area contributed by atoms with Crippen molar-refractivity contribution in [2.45, 2.75) is 6.54 Å². The number of hydrogen-bond donors (Lipinski definition) is 0. The molecule has 3 heterocycles. The topological polar surface area (TPSA) is 77.3 Å². The first kappa shape index (κ1) is 17.2. The summed E-state index contributed by atoms with van der Waals surface area (Å²) in [5.41, 5.74) is 0.893. The summed E-state index contributed by atoms with van der Waals surface area (Å²) >= 11 is 3.34. The number of hydrogen-bond acceptors (Lipinski definition) is 5. The molecular formula is C17H15BrN4O3. The third kappa shape index (κ3) is 3.45. The number of pyridine rings is 3. The van der Waals surface area contributed by atoms with E-state index in [2.05, 4.69) is 25.9 Å². The van der Waals surface area contributed by atoms with Crippen molar-refractivity contribution in [3.63, 3.8) is 0 Å². The van der Waals surface area contributed by atoms with Crippen molar-refractivity contribution in [2.24, 2.45) is 0 Å². The van der Waals surface area contributed by atoms with Crippen molar-refractivity contribution >= 4 is 32.9 Å². The van der Waals surface area contributed by atoms with Crippen molar-refractivity contribution in [1.29, 1.82) is 0 Å². The van der Waals surface area contributed by atoms with Gasteiger partial charge in [-0.1, -0.05) is 6.07 Å². The van der Waals surface area contributed by atoms with Gasteiger partial charge in [0.15, 0.2) is 0 Å². The number of halogens is 1. The first-order chi connectivity index (χ1) is 12.0. The minimum absolute atomic E-state index is 0.0137. The fourth-order valence-electron chi connectivity index (χ4n) is 2.46. The van der Waals surface area contributed by atoms with E-state index in [0.717, 1.165) is 10.8 Å². The summed E-state index contributed by atoms with van der Waals surface area (Å²) in [7, 11) is 2.82. The Morgan fingerprint density at radius 1 is 1.32 bits per heavy atom. The van der Waals surface area contributed by atoms with E-state index in [4.69, 9.17) is 4.84 Å². The molecular weight excluding hydrogens is 388 g/mol. The minimum atomic E-state index is -0.519. The zero-order valence-electron chi connectivity index (χ0n) is 13.6. The Morgan fingerprint density at radius 3 is 2.84 bits per heavy atom. The standard InChI is InChI=1S/C17H15BrN4O3/c1-21(25-2)17(24)13-10-22(9-11-5-3-7-14(18)20-11)16-12(15(13)23)6-4-8-19-16/h3-8,10H,9H2,1-2H3. The molecule has 0 aliphatic carbocycles. The van der Waals surface area contributed by atoms with E-state index < -0.39 is 5.91 Å². The molecule has 3 aromatic heterocycles. The van der Waals surface area contributed by atoms with Crippen molar-refractivity contribution in [3.05, 3.63) is 68.8 Å². The molecule has 0 spiro atoms. The largest absolute Gasteiger partial charge is 0.325 e. The van der Waals surface area contributed by atoms with Crippen LogP contribution in [0, 0.1) is 0 Å². The maximum Gasteiger partial charge on any atom is 0.282 e. The van der Waals surface area contributed by atoms with Crippen molar-refractivity contribution < 1.29 is 9.63 Å². The molecule has 0 aliphatic rings. The smallest absolute Gasteiger partial charge is 0.282 e. The number of amides is 1. The summed E-state index contributed by atoms with van der Waals surface area (Å²) < 4.78 is 2.45. The van der Waals surface area contributed by atoms with E-state index in [1.807, 2.05) is 18.2 Å². The predicted molar refractivity (Wildman–Crippen MR) is 96.1 cm³/mol. The van der Waals surface area contributed by atoms with Crippen LogP contribution in [0.5, 0.6) is 0 Å². The zero-order valence-corrected chi connectivity index (χ0v) is 15.2. The molecule has 7 nitrogen and oxygen atoms in total. The summed E-state index contributed by atoms with van der Waals surface area (Å²) in [5.74, 6) is -0.519. The molecule has 0 unspecified atom stereocenters. The molecule has 0 aromatic carbocycles. The highest BCUT2D eigenvalue weighted by atomic mass is 79.9. The van der Waals surface area contributed by atoms with Gasteiger partial charge in [-0.05, 0) is 40.2 Å². The average Bonchev–Trinajstić information content (AvgIpc) is 2.63. The molecule has 3 rings (SSSR count). The summed E-state index contributed by atoms with van der Waals surface area (Å²) in [6, 6.07) is 8.88. The van der Waals surface area contributed by atoms with E-state index in [1.54, 1.807) is 22.9 Å². The van der Waals surface area contributed by atoms with Gasteiger partial charge < -0.3 is 4.57 Å². The van der Waals surface area contributed by atoms with Gasteiger partial charge in [-0.2, -0.15) is 0 Å². The third-order valence-electron chi connectivity index (χ3n) is 3.73. The maximum atomic E-state index is 12.7. The first-order valence-electron chi connectivity index (χ1n) is 7.43. The molecule has 0 atom stereocenters. The van der Waals surface area contributed by atoms with Crippen LogP contribution in [0.4, 0.5) is 0 Å². The number of carbonyl (C=O) groups excluding carboxylic acids is 1. The second kappa shape index (κ2) is 7.12. The van der Waals surface area contributed by atoms with Gasteiger partial charge in [0, 0.05) is 19.4 Å². The Labute approximate surface area is 152 Å². The van der Waals surface area contributed by atoms with E-state index in [0.29, 0.717) is 22.2 Å². The van der Waals surface area contributed by atoms with E-state index in [1.165, 1.54) is 20.4 Å². The number of nitrogens with zero attached hydrogens (tertiary/aromatic N) is 4. The maximum absolute atomic E-state index is 12.7. The van der Waals surface area contributed by atoms with Crippen molar-refractivity contribution in [2.75, 3.05) is 14.2 Å². The molecule has 3 aromatic rings. The van der Waals surface area contributed by atoms with E-state index >= 15 is 0 Å². The van der Waals surface area contributed by atoms with Crippen LogP contribution in [0.2, 0.25) is 0 Å². The van der Waals surface area contributed by atoms with Crippen LogP contribution in [0.25, 0.3) is 11.0 Å². The van der Waals surface area contributed by atoms with Gasteiger partial charge in [0.05, 0.1) is 24.7 Å². The zero-order chi connectivity index (χ0) is 18.0. The van der Waals surface area contributed by atoms with Crippen LogP contribution in [-0.2, 0) is 11.4 Å². The molecule has 0 radical (unpaired) electrons. The highest BCUT2D eigenvalue weighted by Gasteiger charge is 2.19. The summed E-state index contributed by atoms with van der Waals surface area (Å²) in [4.78, 5) is 38.7. The van der Waals surface area contributed by atoms with Crippen molar-refractivity contribution in [1.82, 2.24) is 19.6 Å². The summed E-state index contributed by atoms with van der Waals surface area (Å²) in [6.07, 6.45) is 3.10. The lowest BCUT2D eigenvalue weighted by molar-refractivity contribution is -0.0758. The van der Waals surface area contributed by atoms with Crippen molar-refractivity contribution in [3.8, 4) is 0 Å². The number of hydroxylamine groups is 2. The van der Waals surface area contributed by atoms with Gasteiger partial charge >= 0.3 is 0 Å². The quantitative estimate of drug-likeness (QED) is 0.493. The van der Waals surface area contributed by atoms with Gasteiger partial charge in [0.1, 0.15) is 15.8 Å². The van der Waals surface area contributed by atoms with Gasteiger partial charge in [-0.25, -0.2) is 15.0 Å². The Morgan fingerprint density at radius 2 is 2.12 bits per heavy atom. The number of carbonyl (C=O) groups is 1. The Kier molecular flexibility index (Phi) is 4.91. The molecule has 0 aliphatic heterocycles. The van der Waals surface area contributed by atoms with Crippen LogP contribution in [0.3, 0.4) is 0 Å². The first-order valence-corrected chi connectivity index (χ1v) is 8.22. The van der Waals surface area contributed by atoms with Gasteiger partial charge in [-0.15, -0.1) is 0 Å². The van der Waals surface area contributed by atoms with E-state index in [-0.39, 0.29) is 11.0 Å².